The number of para-hydroxylation sites is 1. The van der Waals surface area contributed by atoms with Gasteiger partial charge in [-0.1, -0.05) is 18.2 Å². The largest absolute Gasteiger partial charge is 0.598 e. The van der Waals surface area contributed by atoms with Gasteiger partial charge in [0.15, 0.2) is 0 Å². The van der Waals surface area contributed by atoms with Crippen LogP contribution in [0.25, 0.3) is 10.9 Å². The van der Waals surface area contributed by atoms with Crippen molar-refractivity contribution < 1.29 is 4.55 Å². The van der Waals surface area contributed by atoms with Crippen molar-refractivity contribution in [2.24, 2.45) is 0 Å². The quantitative estimate of drug-likeness (QED) is 0.875. The molecule has 2 rings (SSSR count). The molecule has 2 atom stereocenters. The Hall–Kier alpha value is -1.10. The van der Waals surface area contributed by atoms with Crippen LogP contribution in [0.1, 0.15) is 39.3 Å². The van der Waals surface area contributed by atoms with Crippen molar-refractivity contribution >= 4 is 22.3 Å². The molecule has 0 saturated heterocycles. The Morgan fingerprint density at radius 2 is 1.95 bits per heavy atom. The van der Waals surface area contributed by atoms with E-state index in [9.17, 15) is 4.55 Å². The van der Waals surface area contributed by atoms with Gasteiger partial charge in [0, 0.05) is 22.9 Å². The molecule has 0 saturated carbocycles. The molecular weight excluding hydrogens is 256 g/mol. The second-order valence-corrected chi connectivity index (χ2v) is 7.68. The lowest BCUT2D eigenvalue weighted by Gasteiger charge is -2.26. The van der Waals surface area contributed by atoms with Crippen LogP contribution in [0.15, 0.2) is 36.5 Å². The molecule has 2 aromatic rings. The minimum absolute atomic E-state index is 0.0113. The Balaban J connectivity index is 2.19. The fourth-order valence-corrected chi connectivity index (χ4v) is 2.54. The third-order valence-corrected chi connectivity index (χ3v) is 4.63. The zero-order valence-electron chi connectivity index (χ0n) is 11.8. The van der Waals surface area contributed by atoms with Crippen molar-refractivity contribution in [3.05, 3.63) is 42.1 Å². The van der Waals surface area contributed by atoms with Crippen molar-refractivity contribution in [3.8, 4) is 0 Å². The van der Waals surface area contributed by atoms with Gasteiger partial charge in [-0.25, -0.2) is 0 Å². The van der Waals surface area contributed by atoms with E-state index in [1.807, 2.05) is 58.2 Å². The first-order valence-corrected chi connectivity index (χ1v) is 7.55. The van der Waals surface area contributed by atoms with Gasteiger partial charge in [-0.15, -0.1) is 4.72 Å². The van der Waals surface area contributed by atoms with E-state index in [1.165, 1.54) is 0 Å². The number of aromatic nitrogens is 1. The van der Waals surface area contributed by atoms with E-state index >= 15 is 0 Å². The third kappa shape index (κ3) is 3.47. The number of hydrogen-bond acceptors (Lipinski definition) is 3. The van der Waals surface area contributed by atoms with E-state index in [0.717, 1.165) is 16.5 Å². The van der Waals surface area contributed by atoms with Crippen LogP contribution in [0.2, 0.25) is 0 Å². The zero-order valence-corrected chi connectivity index (χ0v) is 12.6. The summed E-state index contributed by atoms with van der Waals surface area (Å²) < 4.78 is 15.0. The van der Waals surface area contributed by atoms with Crippen LogP contribution in [-0.2, 0) is 11.4 Å². The minimum Gasteiger partial charge on any atom is -0.598 e. The van der Waals surface area contributed by atoms with Crippen LogP contribution >= 0.6 is 0 Å². The summed E-state index contributed by atoms with van der Waals surface area (Å²) in [5.41, 5.74) is 2.03. The maximum atomic E-state index is 12.1. The number of hydrogen-bond donors (Lipinski definition) is 1. The van der Waals surface area contributed by atoms with Crippen LogP contribution in [0.4, 0.5) is 0 Å². The lowest BCUT2D eigenvalue weighted by molar-refractivity contribution is 0.531. The Morgan fingerprint density at radius 1 is 1.26 bits per heavy atom. The number of benzene rings is 1. The molecule has 0 unspecified atom stereocenters. The Labute approximate surface area is 117 Å². The molecule has 1 N–H and O–H groups in total. The molecule has 0 aliphatic carbocycles. The summed E-state index contributed by atoms with van der Waals surface area (Å²) in [5.74, 6) is 0. The highest BCUT2D eigenvalue weighted by Gasteiger charge is 2.28. The molecule has 4 heteroatoms. The second kappa shape index (κ2) is 5.49. The Morgan fingerprint density at radius 3 is 2.63 bits per heavy atom. The first-order valence-electron chi connectivity index (χ1n) is 6.40. The summed E-state index contributed by atoms with van der Waals surface area (Å²) in [5, 5.41) is 1.11. The van der Waals surface area contributed by atoms with Crippen LogP contribution in [0, 0.1) is 0 Å². The highest BCUT2D eigenvalue weighted by molar-refractivity contribution is 7.90. The van der Waals surface area contributed by atoms with E-state index in [2.05, 4.69) is 15.8 Å². The summed E-state index contributed by atoms with van der Waals surface area (Å²) in [6, 6.07) is 10.1. The van der Waals surface area contributed by atoms with E-state index < -0.39 is 11.4 Å². The van der Waals surface area contributed by atoms with Gasteiger partial charge in [0.05, 0.1) is 11.6 Å². The number of rotatable bonds is 3. The standard InChI is InChI=1S/C15H20N2OS/c1-11(17-19(18)15(2,3)4)13-9-12-7-5-6-8-14(12)16-10-13/h5-11,17H,1-4H3/t11-,19+/m0/s1. The van der Waals surface area contributed by atoms with Gasteiger partial charge in [-0.3, -0.25) is 4.98 Å². The first kappa shape index (κ1) is 14.3. The van der Waals surface area contributed by atoms with Crippen molar-refractivity contribution in [3.63, 3.8) is 0 Å². The van der Waals surface area contributed by atoms with Gasteiger partial charge < -0.3 is 4.55 Å². The lowest BCUT2D eigenvalue weighted by atomic mass is 10.1. The highest BCUT2D eigenvalue weighted by Crippen LogP contribution is 2.21. The molecule has 1 aromatic heterocycles. The molecule has 1 heterocycles. The third-order valence-electron chi connectivity index (χ3n) is 2.95. The van der Waals surface area contributed by atoms with Crippen LogP contribution in [0.5, 0.6) is 0 Å². The van der Waals surface area contributed by atoms with Crippen molar-refractivity contribution in [2.45, 2.75) is 38.5 Å². The molecular formula is C15H20N2OS. The summed E-state index contributed by atoms with van der Waals surface area (Å²) in [7, 11) is 0. The molecule has 102 valence electrons. The molecule has 0 fully saturated rings. The van der Waals surface area contributed by atoms with Crippen LogP contribution in [-0.4, -0.2) is 14.3 Å². The monoisotopic (exact) mass is 276 g/mol. The number of nitrogens with zero attached hydrogens (tertiary/aromatic N) is 1. The van der Waals surface area contributed by atoms with Gasteiger partial charge in [0.25, 0.3) is 0 Å². The lowest BCUT2D eigenvalue weighted by Crippen LogP contribution is -2.40. The smallest absolute Gasteiger partial charge is 0.136 e. The highest BCUT2D eigenvalue weighted by atomic mass is 32.2. The van der Waals surface area contributed by atoms with Gasteiger partial charge in [-0.05, 0) is 45.4 Å². The van der Waals surface area contributed by atoms with Crippen LogP contribution < -0.4 is 4.72 Å². The Kier molecular flexibility index (Phi) is 4.13. The van der Waals surface area contributed by atoms with Gasteiger partial charge in [-0.2, -0.15) is 0 Å². The van der Waals surface area contributed by atoms with Gasteiger partial charge in [0.2, 0.25) is 0 Å². The molecule has 0 bridgehead atoms. The van der Waals surface area contributed by atoms with Gasteiger partial charge >= 0.3 is 0 Å². The zero-order chi connectivity index (χ0) is 14.0. The maximum Gasteiger partial charge on any atom is 0.136 e. The summed E-state index contributed by atoms with van der Waals surface area (Å²) in [6.07, 6.45) is 1.85. The molecule has 3 nitrogen and oxygen atoms in total. The fourth-order valence-electron chi connectivity index (χ4n) is 1.73. The molecule has 19 heavy (non-hydrogen) atoms. The summed E-state index contributed by atoms with van der Waals surface area (Å²) in [6.45, 7) is 7.89. The molecule has 0 aliphatic rings. The van der Waals surface area contributed by atoms with E-state index in [1.54, 1.807) is 0 Å². The maximum absolute atomic E-state index is 12.1. The molecule has 0 amide bonds. The van der Waals surface area contributed by atoms with E-state index in [0.29, 0.717) is 0 Å². The number of nitrogens with one attached hydrogen (secondary N) is 1. The first-order chi connectivity index (χ1) is 8.88. The summed E-state index contributed by atoms with van der Waals surface area (Å²) >= 11 is -1.08. The van der Waals surface area contributed by atoms with Crippen LogP contribution in [0.3, 0.4) is 0 Å². The predicted molar refractivity (Wildman–Crippen MR) is 81.2 cm³/mol. The van der Waals surface area contributed by atoms with Crippen molar-refractivity contribution in [1.82, 2.24) is 9.71 Å². The topological polar surface area (TPSA) is 48.0 Å². The molecule has 0 spiro atoms. The molecule has 0 aliphatic heterocycles. The number of fused-ring (bicyclic) bond motifs is 1. The summed E-state index contributed by atoms with van der Waals surface area (Å²) in [4.78, 5) is 4.43. The van der Waals surface area contributed by atoms with Crippen molar-refractivity contribution in [1.29, 1.82) is 0 Å². The Bertz CT molecular complexity index is 565. The van der Waals surface area contributed by atoms with E-state index in [-0.39, 0.29) is 10.8 Å². The number of pyridine rings is 1. The normalized spacial score (nSPS) is 15.4. The average Bonchev–Trinajstić information content (AvgIpc) is 2.37. The van der Waals surface area contributed by atoms with E-state index in [4.69, 9.17) is 0 Å². The van der Waals surface area contributed by atoms with Crippen molar-refractivity contribution in [2.75, 3.05) is 0 Å². The fraction of sp³-hybridized carbons (Fsp3) is 0.400. The van der Waals surface area contributed by atoms with Gasteiger partial charge in [0.1, 0.15) is 4.75 Å². The SMILES string of the molecule is C[C@H](N[S@+]([O-])C(C)(C)C)c1cnc2ccccc2c1. The molecule has 0 radical (unpaired) electrons. The second-order valence-electron chi connectivity index (χ2n) is 5.68. The minimum atomic E-state index is -1.08. The molecule has 1 aromatic carbocycles. The predicted octanol–water partition coefficient (Wildman–Crippen LogP) is 3.35. The average molecular weight is 276 g/mol.